The smallest absolute Gasteiger partial charge is 0.123 e. The Hall–Kier alpha value is -0.950. The van der Waals surface area contributed by atoms with Crippen LogP contribution in [0.4, 0.5) is 0 Å². The Balaban J connectivity index is 2.92. The van der Waals surface area contributed by atoms with Crippen molar-refractivity contribution in [2.45, 2.75) is 26.2 Å². The first-order valence-electron chi connectivity index (χ1n) is 4.97. The highest BCUT2D eigenvalue weighted by Gasteiger charge is 2.18. The summed E-state index contributed by atoms with van der Waals surface area (Å²) >= 11 is 5.67. The number of rotatable bonds is 3. The third-order valence-electron chi connectivity index (χ3n) is 2.08. The third-order valence-corrected chi connectivity index (χ3v) is 2.19. The molecular formula is C13H17ClO. The zero-order valence-corrected chi connectivity index (χ0v) is 10.3. The lowest BCUT2D eigenvalue weighted by molar-refractivity contribution is 0.347. The molecule has 0 aliphatic carbocycles. The summed E-state index contributed by atoms with van der Waals surface area (Å²) in [5.74, 6) is 0.881. The molecule has 0 heterocycles. The van der Waals surface area contributed by atoms with E-state index in [9.17, 15) is 0 Å². The molecule has 1 rings (SSSR count). The summed E-state index contributed by atoms with van der Waals surface area (Å²) in [4.78, 5) is 0. The van der Waals surface area contributed by atoms with E-state index < -0.39 is 0 Å². The number of hydrogen-bond acceptors (Lipinski definition) is 1. The second kappa shape index (κ2) is 4.71. The molecule has 0 amide bonds. The Morgan fingerprint density at radius 1 is 1.33 bits per heavy atom. The standard InChI is InChI=1S/C13H17ClO/c1-10(14)9-15-12-8-6-5-7-11(12)13(2,3)4/h5-8H,1,9H2,2-4H3. The number of benzene rings is 1. The maximum absolute atomic E-state index is 5.67. The van der Waals surface area contributed by atoms with Gasteiger partial charge in [0.15, 0.2) is 0 Å². The van der Waals surface area contributed by atoms with Crippen LogP contribution in [0.25, 0.3) is 0 Å². The van der Waals surface area contributed by atoms with E-state index >= 15 is 0 Å². The molecule has 1 nitrogen and oxygen atoms in total. The minimum atomic E-state index is 0.0737. The van der Waals surface area contributed by atoms with Crippen molar-refractivity contribution in [1.82, 2.24) is 0 Å². The van der Waals surface area contributed by atoms with E-state index in [1.807, 2.05) is 18.2 Å². The van der Waals surface area contributed by atoms with E-state index in [1.54, 1.807) is 0 Å². The largest absolute Gasteiger partial charge is 0.488 e. The first-order chi connectivity index (χ1) is 6.91. The van der Waals surface area contributed by atoms with E-state index in [-0.39, 0.29) is 5.41 Å². The van der Waals surface area contributed by atoms with Gasteiger partial charge in [-0.15, -0.1) is 0 Å². The minimum absolute atomic E-state index is 0.0737. The van der Waals surface area contributed by atoms with Crippen molar-refractivity contribution in [2.75, 3.05) is 6.61 Å². The topological polar surface area (TPSA) is 9.23 Å². The summed E-state index contributed by atoms with van der Waals surface area (Å²) in [6.07, 6.45) is 0. The molecule has 1 aromatic carbocycles. The Morgan fingerprint density at radius 3 is 2.47 bits per heavy atom. The predicted octanol–water partition coefficient (Wildman–Crippen LogP) is 4.12. The average Bonchev–Trinajstić information content (AvgIpc) is 2.13. The van der Waals surface area contributed by atoms with Crippen LogP contribution in [-0.2, 0) is 5.41 Å². The molecule has 0 aromatic heterocycles. The molecule has 82 valence electrons. The van der Waals surface area contributed by atoms with Crippen molar-refractivity contribution in [2.24, 2.45) is 0 Å². The monoisotopic (exact) mass is 224 g/mol. The van der Waals surface area contributed by atoms with Gasteiger partial charge in [0.2, 0.25) is 0 Å². The average molecular weight is 225 g/mol. The van der Waals surface area contributed by atoms with E-state index in [4.69, 9.17) is 16.3 Å². The quantitative estimate of drug-likeness (QED) is 0.751. The molecule has 1 aromatic rings. The summed E-state index contributed by atoms with van der Waals surface area (Å²) in [6, 6.07) is 8.01. The number of para-hydroxylation sites is 1. The van der Waals surface area contributed by atoms with Crippen LogP contribution in [-0.4, -0.2) is 6.61 Å². The summed E-state index contributed by atoms with van der Waals surface area (Å²) in [5.41, 5.74) is 1.26. The zero-order chi connectivity index (χ0) is 11.5. The van der Waals surface area contributed by atoms with Gasteiger partial charge in [-0.05, 0) is 17.0 Å². The van der Waals surface area contributed by atoms with Crippen LogP contribution in [0.5, 0.6) is 5.75 Å². The second-order valence-corrected chi connectivity index (χ2v) is 5.09. The van der Waals surface area contributed by atoms with Crippen LogP contribution in [0, 0.1) is 0 Å². The lowest BCUT2D eigenvalue weighted by Crippen LogP contribution is -2.13. The fourth-order valence-electron chi connectivity index (χ4n) is 1.37. The van der Waals surface area contributed by atoms with Gasteiger partial charge in [-0.3, -0.25) is 0 Å². The Morgan fingerprint density at radius 2 is 1.93 bits per heavy atom. The van der Waals surface area contributed by atoms with Crippen molar-refractivity contribution >= 4 is 11.6 Å². The molecular weight excluding hydrogens is 208 g/mol. The van der Waals surface area contributed by atoms with E-state index in [0.29, 0.717) is 11.6 Å². The number of hydrogen-bond donors (Lipinski definition) is 0. The van der Waals surface area contributed by atoms with E-state index in [2.05, 4.69) is 33.4 Å². The van der Waals surface area contributed by atoms with Crippen LogP contribution in [0.1, 0.15) is 26.3 Å². The van der Waals surface area contributed by atoms with Gasteiger partial charge in [-0.2, -0.15) is 0 Å². The van der Waals surface area contributed by atoms with Crippen molar-refractivity contribution in [3.05, 3.63) is 41.4 Å². The Kier molecular flexibility index (Phi) is 3.81. The van der Waals surface area contributed by atoms with Crippen LogP contribution in [0.2, 0.25) is 0 Å². The fourth-order valence-corrected chi connectivity index (χ4v) is 1.42. The maximum Gasteiger partial charge on any atom is 0.123 e. The van der Waals surface area contributed by atoms with Crippen LogP contribution in [0.3, 0.4) is 0 Å². The normalized spacial score (nSPS) is 11.2. The molecule has 0 aliphatic heterocycles. The molecule has 0 spiro atoms. The lowest BCUT2D eigenvalue weighted by Gasteiger charge is -2.22. The molecule has 0 saturated carbocycles. The summed E-state index contributed by atoms with van der Waals surface area (Å²) in [6.45, 7) is 10.4. The molecule has 0 radical (unpaired) electrons. The van der Waals surface area contributed by atoms with Gasteiger partial charge in [0, 0.05) is 5.03 Å². The fraction of sp³-hybridized carbons (Fsp3) is 0.385. The van der Waals surface area contributed by atoms with Gasteiger partial charge < -0.3 is 4.74 Å². The SMILES string of the molecule is C=C(Cl)COc1ccccc1C(C)(C)C. The highest BCUT2D eigenvalue weighted by Crippen LogP contribution is 2.31. The number of ether oxygens (including phenoxy) is 1. The van der Waals surface area contributed by atoms with E-state index in [0.717, 1.165) is 5.75 Å². The maximum atomic E-state index is 5.67. The molecule has 0 atom stereocenters. The predicted molar refractivity (Wildman–Crippen MR) is 65.6 cm³/mol. The van der Waals surface area contributed by atoms with Gasteiger partial charge >= 0.3 is 0 Å². The van der Waals surface area contributed by atoms with Crippen molar-refractivity contribution in [3.8, 4) is 5.75 Å². The summed E-state index contributed by atoms with van der Waals surface area (Å²) in [5, 5.41) is 0.513. The van der Waals surface area contributed by atoms with Crippen LogP contribution >= 0.6 is 11.6 Å². The third kappa shape index (κ3) is 3.60. The molecule has 0 unspecified atom stereocenters. The molecule has 0 N–H and O–H groups in total. The summed E-state index contributed by atoms with van der Waals surface area (Å²) in [7, 11) is 0. The first-order valence-corrected chi connectivity index (χ1v) is 5.34. The Labute approximate surface area is 96.7 Å². The van der Waals surface area contributed by atoms with Crippen molar-refractivity contribution < 1.29 is 4.74 Å². The lowest BCUT2D eigenvalue weighted by atomic mass is 9.86. The molecule has 0 fully saturated rings. The van der Waals surface area contributed by atoms with Gasteiger partial charge in [-0.25, -0.2) is 0 Å². The van der Waals surface area contributed by atoms with Gasteiger partial charge in [0.1, 0.15) is 12.4 Å². The molecule has 0 saturated heterocycles. The molecule has 2 heteroatoms. The second-order valence-electron chi connectivity index (χ2n) is 4.55. The highest BCUT2D eigenvalue weighted by atomic mass is 35.5. The van der Waals surface area contributed by atoms with Gasteiger partial charge in [-0.1, -0.05) is 57.2 Å². The van der Waals surface area contributed by atoms with Crippen LogP contribution in [0.15, 0.2) is 35.9 Å². The van der Waals surface area contributed by atoms with Crippen LogP contribution < -0.4 is 4.74 Å². The first kappa shape index (κ1) is 12.1. The van der Waals surface area contributed by atoms with E-state index in [1.165, 1.54) is 5.56 Å². The molecule has 15 heavy (non-hydrogen) atoms. The summed E-state index contributed by atoms with van der Waals surface area (Å²) < 4.78 is 5.59. The Bertz CT molecular complexity index is 350. The molecule has 0 bridgehead atoms. The zero-order valence-electron chi connectivity index (χ0n) is 9.51. The molecule has 0 aliphatic rings. The van der Waals surface area contributed by atoms with Gasteiger partial charge in [0.05, 0.1) is 0 Å². The van der Waals surface area contributed by atoms with Gasteiger partial charge in [0.25, 0.3) is 0 Å². The van der Waals surface area contributed by atoms with Crippen molar-refractivity contribution in [3.63, 3.8) is 0 Å². The minimum Gasteiger partial charge on any atom is -0.488 e. The number of halogens is 1. The van der Waals surface area contributed by atoms with Crippen molar-refractivity contribution in [1.29, 1.82) is 0 Å². The highest BCUT2D eigenvalue weighted by molar-refractivity contribution is 6.29.